The van der Waals surface area contributed by atoms with Gasteiger partial charge in [-0.05, 0) is 38.8 Å². The van der Waals surface area contributed by atoms with Crippen LogP contribution in [0.5, 0.6) is 0 Å². The minimum atomic E-state index is -0.618. The van der Waals surface area contributed by atoms with Crippen LogP contribution in [0, 0.1) is 0 Å². The number of hydrogen-bond acceptors (Lipinski definition) is 3. The smallest absolute Gasteiger partial charge is 0.410 e. The Morgan fingerprint density at radius 1 is 1.33 bits per heavy atom. The first-order chi connectivity index (χ1) is 9.82. The summed E-state index contributed by atoms with van der Waals surface area (Å²) in [5.74, 6) is -0.0187. The van der Waals surface area contributed by atoms with Gasteiger partial charge in [-0.15, -0.1) is 0 Å². The maximum absolute atomic E-state index is 12.4. The number of rotatable bonds is 0. The molecule has 2 aliphatic rings. The van der Waals surface area contributed by atoms with E-state index in [9.17, 15) is 9.59 Å². The Bertz CT molecular complexity index is 606. The molecule has 5 nitrogen and oxygen atoms in total. The Morgan fingerprint density at radius 2 is 2.05 bits per heavy atom. The summed E-state index contributed by atoms with van der Waals surface area (Å²) >= 11 is 0. The first-order valence-electron chi connectivity index (χ1n) is 7.21. The largest absolute Gasteiger partial charge is 0.444 e. The molecular weight excluding hydrogens is 268 g/mol. The van der Waals surface area contributed by atoms with Gasteiger partial charge in [-0.3, -0.25) is 4.79 Å². The summed E-state index contributed by atoms with van der Waals surface area (Å²) in [5, 5.41) is 2.92. The highest BCUT2D eigenvalue weighted by Crippen LogP contribution is 2.44. The summed E-state index contributed by atoms with van der Waals surface area (Å²) in [4.78, 5) is 26.2. The second-order valence-corrected chi connectivity index (χ2v) is 6.73. The lowest BCUT2D eigenvalue weighted by atomic mass is 9.81. The molecule has 1 atom stereocenters. The maximum Gasteiger partial charge on any atom is 0.410 e. The number of para-hydroxylation sites is 1. The fraction of sp³-hybridized carbons (Fsp3) is 0.500. The summed E-state index contributed by atoms with van der Waals surface area (Å²) in [5.41, 5.74) is 0.700. The van der Waals surface area contributed by atoms with Gasteiger partial charge in [0.1, 0.15) is 5.60 Å². The fourth-order valence-electron chi connectivity index (χ4n) is 3.07. The van der Waals surface area contributed by atoms with Gasteiger partial charge in [0.15, 0.2) is 0 Å². The van der Waals surface area contributed by atoms with Crippen molar-refractivity contribution in [3.63, 3.8) is 0 Å². The molecule has 1 N–H and O–H groups in total. The highest BCUT2D eigenvalue weighted by molar-refractivity contribution is 6.07. The number of benzene rings is 1. The van der Waals surface area contributed by atoms with Gasteiger partial charge >= 0.3 is 6.09 Å². The topological polar surface area (TPSA) is 58.6 Å². The number of fused-ring (bicyclic) bond motifs is 2. The molecule has 2 aliphatic heterocycles. The second-order valence-electron chi connectivity index (χ2n) is 6.73. The van der Waals surface area contributed by atoms with Gasteiger partial charge in [0.05, 0.1) is 5.41 Å². The quantitative estimate of drug-likeness (QED) is 0.798. The number of amides is 2. The van der Waals surface area contributed by atoms with Crippen molar-refractivity contribution in [3.05, 3.63) is 29.8 Å². The molecule has 0 aliphatic carbocycles. The molecule has 1 aromatic carbocycles. The number of carbonyl (C=O) groups excluding carboxylic acids is 2. The summed E-state index contributed by atoms with van der Waals surface area (Å²) in [7, 11) is 0. The van der Waals surface area contributed by atoms with Crippen LogP contribution in [0.25, 0.3) is 0 Å². The predicted molar refractivity (Wildman–Crippen MR) is 79.2 cm³/mol. The Morgan fingerprint density at radius 3 is 2.76 bits per heavy atom. The molecule has 1 fully saturated rings. The first kappa shape index (κ1) is 13.9. The van der Waals surface area contributed by atoms with Crippen LogP contribution in [0.2, 0.25) is 0 Å². The lowest BCUT2D eigenvalue weighted by Crippen LogP contribution is -2.41. The van der Waals surface area contributed by atoms with Crippen molar-refractivity contribution in [1.29, 1.82) is 0 Å². The van der Waals surface area contributed by atoms with Crippen LogP contribution < -0.4 is 5.32 Å². The van der Waals surface area contributed by atoms with Crippen molar-refractivity contribution in [2.45, 2.75) is 38.2 Å². The third-order valence-corrected chi connectivity index (χ3v) is 4.05. The van der Waals surface area contributed by atoms with Gasteiger partial charge in [-0.25, -0.2) is 4.79 Å². The number of ether oxygens (including phenoxy) is 1. The minimum absolute atomic E-state index is 0.0187. The maximum atomic E-state index is 12.4. The molecule has 0 aromatic heterocycles. The minimum Gasteiger partial charge on any atom is -0.444 e. The van der Waals surface area contributed by atoms with Crippen LogP contribution in [0.15, 0.2) is 24.3 Å². The summed E-state index contributed by atoms with van der Waals surface area (Å²) in [6.07, 6.45) is 0.284. The van der Waals surface area contributed by atoms with Crippen LogP contribution in [-0.4, -0.2) is 35.6 Å². The molecule has 21 heavy (non-hydrogen) atoms. The molecule has 0 saturated carbocycles. The standard InChI is InChI=1S/C16H20N2O3/c1-15(2,3)21-14(20)18-9-8-16(10-18)11-6-4-5-7-12(11)17-13(16)19/h4-7H,8-10H2,1-3H3,(H,17,19)/t16-/m1/s1. The third kappa shape index (κ3) is 2.26. The highest BCUT2D eigenvalue weighted by Gasteiger charge is 2.52. The molecule has 0 radical (unpaired) electrons. The van der Waals surface area contributed by atoms with E-state index in [0.29, 0.717) is 19.5 Å². The Hall–Kier alpha value is -2.04. The summed E-state index contributed by atoms with van der Waals surface area (Å²) < 4.78 is 5.40. The van der Waals surface area contributed by atoms with Crippen molar-refractivity contribution < 1.29 is 14.3 Å². The molecular formula is C16H20N2O3. The number of nitrogens with one attached hydrogen (secondary N) is 1. The number of carbonyl (C=O) groups is 2. The second kappa shape index (κ2) is 4.48. The summed E-state index contributed by atoms with van der Waals surface area (Å²) in [6, 6.07) is 7.69. The average Bonchev–Trinajstić information content (AvgIpc) is 2.93. The molecule has 2 heterocycles. The Balaban J connectivity index is 1.84. The van der Waals surface area contributed by atoms with Gasteiger partial charge in [0, 0.05) is 18.8 Å². The normalized spacial score (nSPS) is 24.1. The van der Waals surface area contributed by atoms with E-state index < -0.39 is 11.0 Å². The lowest BCUT2D eigenvalue weighted by molar-refractivity contribution is -0.120. The average molecular weight is 288 g/mol. The van der Waals surface area contributed by atoms with E-state index >= 15 is 0 Å². The molecule has 1 saturated heterocycles. The fourth-order valence-corrected chi connectivity index (χ4v) is 3.07. The monoisotopic (exact) mass is 288 g/mol. The predicted octanol–water partition coefficient (Wildman–Crippen LogP) is 2.52. The molecule has 0 unspecified atom stereocenters. The molecule has 1 aromatic rings. The van der Waals surface area contributed by atoms with Gasteiger partial charge < -0.3 is 15.0 Å². The zero-order valence-corrected chi connectivity index (χ0v) is 12.6. The van der Waals surface area contributed by atoms with Gasteiger partial charge in [-0.1, -0.05) is 18.2 Å². The van der Waals surface area contributed by atoms with Crippen LogP contribution in [0.1, 0.15) is 32.8 Å². The van der Waals surface area contributed by atoms with Crippen molar-refractivity contribution in [3.8, 4) is 0 Å². The number of likely N-dealkylation sites (tertiary alicyclic amines) is 1. The molecule has 1 spiro atoms. The number of nitrogens with zero attached hydrogens (tertiary/aromatic N) is 1. The van der Waals surface area contributed by atoms with E-state index in [1.54, 1.807) is 4.90 Å². The lowest BCUT2D eigenvalue weighted by Gasteiger charge is -2.26. The first-order valence-corrected chi connectivity index (χ1v) is 7.21. The van der Waals surface area contributed by atoms with E-state index in [0.717, 1.165) is 11.3 Å². The SMILES string of the molecule is CC(C)(C)OC(=O)N1CC[C@]2(C1)C(=O)Nc1ccccc12. The zero-order chi connectivity index (χ0) is 15.3. The zero-order valence-electron chi connectivity index (χ0n) is 12.6. The van der Waals surface area contributed by atoms with Gasteiger partial charge in [0.25, 0.3) is 0 Å². The van der Waals surface area contributed by atoms with E-state index in [-0.39, 0.29) is 12.0 Å². The molecule has 2 amide bonds. The number of anilines is 1. The van der Waals surface area contributed by atoms with Crippen molar-refractivity contribution in [1.82, 2.24) is 4.90 Å². The Labute approximate surface area is 124 Å². The van der Waals surface area contributed by atoms with E-state index in [1.165, 1.54) is 0 Å². The molecule has 3 rings (SSSR count). The highest BCUT2D eigenvalue weighted by atomic mass is 16.6. The van der Waals surface area contributed by atoms with Crippen LogP contribution >= 0.6 is 0 Å². The summed E-state index contributed by atoms with van der Waals surface area (Å²) in [6.45, 7) is 6.44. The van der Waals surface area contributed by atoms with E-state index in [2.05, 4.69) is 5.32 Å². The molecule has 0 bridgehead atoms. The van der Waals surface area contributed by atoms with Crippen LogP contribution in [0.4, 0.5) is 10.5 Å². The van der Waals surface area contributed by atoms with E-state index in [4.69, 9.17) is 4.74 Å². The van der Waals surface area contributed by atoms with Crippen molar-refractivity contribution >= 4 is 17.7 Å². The van der Waals surface area contributed by atoms with Gasteiger partial charge in [0.2, 0.25) is 5.91 Å². The van der Waals surface area contributed by atoms with Crippen molar-refractivity contribution in [2.24, 2.45) is 0 Å². The Kier molecular flexibility index (Phi) is 2.97. The number of hydrogen-bond donors (Lipinski definition) is 1. The molecule has 112 valence electrons. The van der Waals surface area contributed by atoms with E-state index in [1.807, 2.05) is 45.0 Å². The van der Waals surface area contributed by atoms with Crippen molar-refractivity contribution in [2.75, 3.05) is 18.4 Å². The van der Waals surface area contributed by atoms with Gasteiger partial charge in [-0.2, -0.15) is 0 Å². The van der Waals surface area contributed by atoms with Crippen LogP contribution in [0.3, 0.4) is 0 Å². The third-order valence-electron chi connectivity index (χ3n) is 4.05. The molecule has 5 heteroatoms. The van der Waals surface area contributed by atoms with Crippen LogP contribution in [-0.2, 0) is 14.9 Å².